The lowest BCUT2D eigenvalue weighted by molar-refractivity contribution is -0.579. The maximum absolute atomic E-state index is 12.1. The van der Waals surface area contributed by atoms with Crippen LogP contribution in [0.15, 0.2) is 18.2 Å². The number of rotatable bonds is 3. The van der Waals surface area contributed by atoms with Gasteiger partial charge in [0, 0.05) is 29.7 Å². The minimum atomic E-state index is -1.87. The molecule has 2 aliphatic rings. The van der Waals surface area contributed by atoms with E-state index in [1.54, 1.807) is 0 Å². The predicted molar refractivity (Wildman–Crippen MR) is 82.1 cm³/mol. The van der Waals surface area contributed by atoms with Crippen molar-refractivity contribution in [1.82, 2.24) is 4.90 Å². The lowest BCUT2D eigenvalue weighted by Crippen LogP contribution is -2.51. The average molecular weight is 350 g/mol. The molecule has 0 aromatic heterocycles. The van der Waals surface area contributed by atoms with E-state index in [9.17, 15) is 29.8 Å². The lowest BCUT2D eigenvalue weighted by Gasteiger charge is -2.27. The Morgan fingerprint density at radius 2 is 2.04 bits per heavy atom. The second-order valence-corrected chi connectivity index (χ2v) is 5.88. The summed E-state index contributed by atoms with van der Waals surface area (Å²) in [5, 5.41) is 25.9. The zero-order chi connectivity index (χ0) is 18.5. The number of nitro groups is 2. The molecule has 0 saturated carbocycles. The Hall–Kier alpha value is -3.24. The van der Waals surface area contributed by atoms with Crippen LogP contribution < -0.4 is 5.32 Å². The third kappa shape index (κ3) is 2.12. The number of non-ortho nitro benzene ring substituents is 1. The number of nitrogens with one attached hydrogen (secondary N) is 1. The summed E-state index contributed by atoms with van der Waals surface area (Å²) in [4.78, 5) is 46.9. The predicted octanol–water partition coefficient (Wildman–Crippen LogP) is 0.612. The molecule has 1 saturated heterocycles. The molecule has 1 N–H and O–H groups in total. The van der Waals surface area contributed by atoms with Gasteiger partial charge in [0.1, 0.15) is 6.04 Å². The fourth-order valence-corrected chi connectivity index (χ4v) is 3.65. The van der Waals surface area contributed by atoms with Crippen molar-refractivity contribution >= 4 is 23.3 Å². The summed E-state index contributed by atoms with van der Waals surface area (Å²) < 4.78 is 4.66. The van der Waals surface area contributed by atoms with Crippen LogP contribution in [-0.2, 0) is 19.9 Å². The Bertz CT molecular complexity index is 810. The van der Waals surface area contributed by atoms with Gasteiger partial charge in [0.05, 0.1) is 24.0 Å². The molecule has 11 heteroatoms. The van der Waals surface area contributed by atoms with Gasteiger partial charge in [-0.25, -0.2) is 4.79 Å². The van der Waals surface area contributed by atoms with E-state index < -0.39 is 39.5 Å². The summed E-state index contributed by atoms with van der Waals surface area (Å²) in [5.74, 6) is -1.32. The van der Waals surface area contributed by atoms with Crippen LogP contribution >= 0.6 is 0 Å². The monoisotopic (exact) mass is 350 g/mol. The first kappa shape index (κ1) is 16.6. The van der Waals surface area contributed by atoms with Gasteiger partial charge in [-0.15, -0.1) is 0 Å². The second-order valence-electron chi connectivity index (χ2n) is 5.88. The Kier molecular flexibility index (Phi) is 3.59. The molecule has 0 unspecified atom stereocenters. The molecule has 0 aliphatic carbocycles. The Morgan fingerprint density at radius 1 is 1.36 bits per heavy atom. The number of benzene rings is 1. The van der Waals surface area contributed by atoms with Crippen LogP contribution in [0.4, 0.5) is 11.4 Å². The van der Waals surface area contributed by atoms with Gasteiger partial charge >= 0.3 is 5.97 Å². The van der Waals surface area contributed by atoms with Crippen LogP contribution in [-0.4, -0.2) is 45.9 Å². The largest absolute Gasteiger partial charge is 0.467 e. The first-order chi connectivity index (χ1) is 11.7. The van der Waals surface area contributed by atoms with Crippen molar-refractivity contribution in [3.8, 4) is 0 Å². The SMILES string of the molecule is COC(=O)[C@@H]1C[C@@]2([N+](=O)[O-])c3cc([N+](=O)[O-])ccc3N[C@H]2N1C(C)=O. The van der Waals surface area contributed by atoms with E-state index in [-0.39, 0.29) is 17.7 Å². The zero-order valence-electron chi connectivity index (χ0n) is 13.3. The molecule has 2 aliphatic heterocycles. The van der Waals surface area contributed by atoms with Crippen LogP contribution in [0.2, 0.25) is 0 Å². The van der Waals surface area contributed by atoms with E-state index >= 15 is 0 Å². The minimum absolute atomic E-state index is 0.0781. The van der Waals surface area contributed by atoms with E-state index in [2.05, 4.69) is 10.1 Å². The van der Waals surface area contributed by atoms with Gasteiger partial charge < -0.3 is 15.0 Å². The number of esters is 1. The first-order valence-corrected chi connectivity index (χ1v) is 7.30. The number of nitrogens with zero attached hydrogens (tertiary/aromatic N) is 3. The fourth-order valence-electron chi connectivity index (χ4n) is 3.65. The Labute approximate surface area is 140 Å². The second kappa shape index (κ2) is 5.40. The molecule has 1 amide bonds. The van der Waals surface area contributed by atoms with Crippen LogP contribution in [0, 0.1) is 20.2 Å². The van der Waals surface area contributed by atoms with Crippen molar-refractivity contribution in [2.24, 2.45) is 0 Å². The van der Waals surface area contributed by atoms with E-state index in [4.69, 9.17) is 0 Å². The number of carbonyl (C=O) groups is 2. The summed E-state index contributed by atoms with van der Waals surface area (Å²) in [5.41, 5.74) is -1.78. The number of nitro benzene ring substituents is 1. The summed E-state index contributed by atoms with van der Waals surface area (Å²) >= 11 is 0. The average Bonchev–Trinajstić information content (AvgIpc) is 3.05. The van der Waals surface area contributed by atoms with Crippen molar-refractivity contribution in [1.29, 1.82) is 0 Å². The number of ether oxygens (including phenoxy) is 1. The lowest BCUT2D eigenvalue weighted by atomic mass is 9.87. The standard InChI is InChI=1S/C14H14N4O7/c1-7(19)16-11(12(20)25-2)6-14(18(23)24)9-5-8(17(21)22)3-4-10(9)15-13(14)16/h3-5,11,13,15H,6H2,1-2H3/t11-,13-,14+/m0/s1. The molecule has 0 radical (unpaired) electrons. The molecule has 1 aromatic carbocycles. The Balaban J connectivity index is 2.20. The summed E-state index contributed by atoms with van der Waals surface area (Å²) in [6.45, 7) is 1.19. The normalized spacial score (nSPS) is 26.4. The molecule has 25 heavy (non-hydrogen) atoms. The van der Waals surface area contributed by atoms with Crippen LogP contribution in [0.1, 0.15) is 18.9 Å². The molecular formula is C14H14N4O7. The number of hydrogen-bond acceptors (Lipinski definition) is 8. The van der Waals surface area contributed by atoms with Crippen LogP contribution in [0.5, 0.6) is 0 Å². The van der Waals surface area contributed by atoms with Gasteiger partial charge in [-0.2, -0.15) is 0 Å². The maximum atomic E-state index is 12.1. The number of methoxy groups -OCH3 is 1. The molecule has 0 spiro atoms. The molecule has 132 valence electrons. The summed E-state index contributed by atoms with van der Waals surface area (Å²) in [7, 11) is 1.12. The van der Waals surface area contributed by atoms with Gasteiger partial charge in [0.15, 0.2) is 6.17 Å². The molecule has 3 rings (SSSR count). The van der Waals surface area contributed by atoms with Gasteiger partial charge in [-0.1, -0.05) is 0 Å². The quantitative estimate of drug-likeness (QED) is 0.474. The van der Waals surface area contributed by atoms with E-state index in [1.165, 1.54) is 19.1 Å². The number of hydrogen-bond donors (Lipinski definition) is 1. The number of likely N-dealkylation sites (tertiary alicyclic amines) is 1. The van der Waals surface area contributed by atoms with Crippen molar-refractivity contribution in [2.75, 3.05) is 12.4 Å². The minimum Gasteiger partial charge on any atom is -0.467 e. The zero-order valence-corrected chi connectivity index (χ0v) is 13.3. The summed E-state index contributed by atoms with van der Waals surface area (Å²) in [6, 6.07) is 2.54. The van der Waals surface area contributed by atoms with E-state index in [0.29, 0.717) is 5.69 Å². The molecule has 11 nitrogen and oxygen atoms in total. The van der Waals surface area contributed by atoms with Gasteiger partial charge in [-0.3, -0.25) is 25.0 Å². The third-order valence-corrected chi connectivity index (χ3v) is 4.71. The molecule has 0 bridgehead atoms. The van der Waals surface area contributed by atoms with Crippen molar-refractivity contribution in [3.05, 3.63) is 44.0 Å². The van der Waals surface area contributed by atoms with Crippen molar-refractivity contribution in [2.45, 2.75) is 31.1 Å². The van der Waals surface area contributed by atoms with Gasteiger partial charge in [0.2, 0.25) is 5.91 Å². The molecular weight excluding hydrogens is 336 g/mol. The number of anilines is 1. The molecule has 1 fully saturated rings. The van der Waals surface area contributed by atoms with Crippen molar-refractivity contribution in [3.63, 3.8) is 0 Å². The number of fused-ring (bicyclic) bond motifs is 3. The van der Waals surface area contributed by atoms with E-state index in [0.717, 1.165) is 18.1 Å². The topological polar surface area (TPSA) is 145 Å². The highest BCUT2D eigenvalue weighted by molar-refractivity contribution is 5.86. The highest BCUT2D eigenvalue weighted by Crippen LogP contribution is 2.52. The molecule has 1 aromatic rings. The molecule has 2 heterocycles. The molecule has 3 atom stereocenters. The Morgan fingerprint density at radius 3 is 2.56 bits per heavy atom. The van der Waals surface area contributed by atoms with Gasteiger partial charge in [0.25, 0.3) is 11.2 Å². The maximum Gasteiger partial charge on any atom is 0.328 e. The summed E-state index contributed by atoms with van der Waals surface area (Å²) in [6.07, 6.45) is -1.47. The van der Waals surface area contributed by atoms with Crippen LogP contribution in [0.3, 0.4) is 0 Å². The number of carbonyl (C=O) groups excluding carboxylic acids is 2. The van der Waals surface area contributed by atoms with Gasteiger partial charge in [-0.05, 0) is 6.07 Å². The van der Waals surface area contributed by atoms with Crippen LogP contribution in [0.25, 0.3) is 0 Å². The highest BCUT2D eigenvalue weighted by atomic mass is 16.6. The first-order valence-electron chi connectivity index (χ1n) is 7.30. The fraction of sp³-hybridized carbons (Fsp3) is 0.429. The number of amides is 1. The van der Waals surface area contributed by atoms with Crippen molar-refractivity contribution < 1.29 is 24.2 Å². The highest BCUT2D eigenvalue weighted by Gasteiger charge is 2.69. The third-order valence-electron chi connectivity index (χ3n) is 4.71. The van der Waals surface area contributed by atoms with E-state index in [1.807, 2.05) is 0 Å². The smallest absolute Gasteiger partial charge is 0.328 e.